The minimum atomic E-state index is -0.519. The fourth-order valence-corrected chi connectivity index (χ4v) is 4.99. The van der Waals surface area contributed by atoms with Crippen LogP contribution in [0.2, 0.25) is 10.0 Å². The highest BCUT2D eigenvalue weighted by Gasteiger charge is 2.30. The van der Waals surface area contributed by atoms with Crippen molar-refractivity contribution in [2.24, 2.45) is 0 Å². The van der Waals surface area contributed by atoms with Gasteiger partial charge in [0.1, 0.15) is 6.04 Å². The van der Waals surface area contributed by atoms with Crippen LogP contribution in [0.5, 0.6) is 0 Å². The Balaban J connectivity index is 2.12. The summed E-state index contributed by atoms with van der Waals surface area (Å²) in [4.78, 5) is 28.0. The van der Waals surface area contributed by atoms with E-state index < -0.39 is 6.04 Å². The van der Waals surface area contributed by atoms with E-state index in [4.69, 9.17) is 23.2 Å². The maximum absolute atomic E-state index is 13.3. The molecule has 0 aromatic heterocycles. The van der Waals surface area contributed by atoms with Gasteiger partial charge in [-0.15, -0.1) is 11.8 Å². The lowest BCUT2D eigenvalue weighted by Crippen LogP contribution is -2.54. The molecule has 0 saturated carbocycles. The van der Waals surface area contributed by atoms with Crippen molar-refractivity contribution in [2.75, 3.05) is 12.3 Å². The first kappa shape index (κ1) is 26.6. The Morgan fingerprint density at radius 2 is 1.66 bits per heavy atom. The number of rotatable bonds is 10. The molecule has 0 aliphatic heterocycles. The Bertz CT molecular complexity index is 880. The molecule has 4 nitrogen and oxygen atoms in total. The lowest BCUT2D eigenvalue weighted by Gasteiger charge is -2.33. The van der Waals surface area contributed by atoms with E-state index in [1.165, 1.54) is 11.8 Å². The lowest BCUT2D eigenvalue weighted by molar-refractivity contribution is -0.139. The average Bonchev–Trinajstić information content (AvgIpc) is 2.72. The third-order valence-electron chi connectivity index (χ3n) is 4.90. The second kappa shape index (κ2) is 12.5. The van der Waals surface area contributed by atoms with Crippen LogP contribution in [0.4, 0.5) is 0 Å². The lowest BCUT2D eigenvalue weighted by atomic mass is 10.1. The third-order valence-corrected chi connectivity index (χ3v) is 6.55. The van der Waals surface area contributed by atoms with Gasteiger partial charge in [-0.2, -0.15) is 0 Å². The molecule has 2 rings (SSSR count). The number of hydrogen-bond donors (Lipinski definition) is 1. The number of thioether (sulfide) groups is 1. The monoisotopic (exact) mass is 494 g/mol. The van der Waals surface area contributed by atoms with E-state index in [2.05, 4.69) is 5.32 Å². The summed E-state index contributed by atoms with van der Waals surface area (Å²) in [6.07, 6.45) is 1.23. The van der Waals surface area contributed by atoms with Gasteiger partial charge in [0.05, 0.1) is 5.75 Å². The van der Waals surface area contributed by atoms with Gasteiger partial charge in [0.2, 0.25) is 11.8 Å². The minimum absolute atomic E-state index is 0.0648. The van der Waals surface area contributed by atoms with Crippen molar-refractivity contribution in [2.45, 2.75) is 57.9 Å². The Morgan fingerprint density at radius 1 is 1.03 bits per heavy atom. The summed E-state index contributed by atoms with van der Waals surface area (Å²) >= 11 is 14.0. The van der Waals surface area contributed by atoms with Crippen LogP contribution in [-0.2, 0) is 21.8 Å². The highest BCUT2D eigenvalue weighted by Crippen LogP contribution is 2.28. The van der Waals surface area contributed by atoms with E-state index in [0.717, 1.165) is 11.1 Å². The van der Waals surface area contributed by atoms with Crippen LogP contribution in [0.3, 0.4) is 0 Å². The van der Waals surface area contributed by atoms with Crippen LogP contribution in [-0.4, -0.2) is 40.6 Å². The molecule has 0 unspecified atom stereocenters. The quantitative estimate of drug-likeness (QED) is 0.441. The molecule has 0 spiro atoms. The highest BCUT2D eigenvalue weighted by atomic mass is 35.5. The second-order valence-electron chi connectivity index (χ2n) is 8.68. The van der Waals surface area contributed by atoms with E-state index in [1.807, 2.05) is 58.0 Å². The molecule has 0 bridgehead atoms. The molecule has 1 atom stereocenters. The van der Waals surface area contributed by atoms with Gasteiger partial charge < -0.3 is 10.2 Å². The molecular weight excluding hydrogens is 463 g/mol. The molecule has 1 N–H and O–H groups in total. The Labute approximate surface area is 206 Å². The van der Waals surface area contributed by atoms with Crippen LogP contribution in [0.1, 0.15) is 45.2 Å². The number of amides is 2. The summed E-state index contributed by atoms with van der Waals surface area (Å²) in [5.74, 6) is 0.586. The van der Waals surface area contributed by atoms with Gasteiger partial charge in [0.25, 0.3) is 0 Å². The van der Waals surface area contributed by atoms with Crippen molar-refractivity contribution < 1.29 is 9.59 Å². The predicted molar refractivity (Wildman–Crippen MR) is 136 cm³/mol. The van der Waals surface area contributed by atoms with Crippen molar-refractivity contribution in [1.29, 1.82) is 0 Å². The number of halogens is 2. The minimum Gasteiger partial charge on any atom is -0.350 e. The molecular formula is C25H32Cl2N2O2S. The summed E-state index contributed by atoms with van der Waals surface area (Å²) in [6, 6.07) is 14.9. The number of benzene rings is 2. The van der Waals surface area contributed by atoms with Crippen LogP contribution < -0.4 is 5.32 Å². The molecule has 7 heteroatoms. The average molecular weight is 496 g/mol. The smallest absolute Gasteiger partial charge is 0.243 e. The van der Waals surface area contributed by atoms with E-state index in [9.17, 15) is 9.59 Å². The van der Waals surface area contributed by atoms with Crippen molar-refractivity contribution in [3.8, 4) is 0 Å². The molecule has 0 aliphatic carbocycles. The van der Waals surface area contributed by atoms with Crippen molar-refractivity contribution in [3.63, 3.8) is 0 Å². The van der Waals surface area contributed by atoms with Gasteiger partial charge >= 0.3 is 0 Å². The van der Waals surface area contributed by atoms with Gasteiger partial charge in [-0.25, -0.2) is 0 Å². The topological polar surface area (TPSA) is 49.4 Å². The summed E-state index contributed by atoms with van der Waals surface area (Å²) in [7, 11) is 0. The fraction of sp³-hybridized carbons (Fsp3) is 0.440. The number of carbonyl (C=O) groups excluding carboxylic acids is 2. The van der Waals surface area contributed by atoms with Gasteiger partial charge in [-0.3, -0.25) is 9.59 Å². The van der Waals surface area contributed by atoms with Crippen LogP contribution in [0.25, 0.3) is 0 Å². The van der Waals surface area contributed by atoms with Crippen LogP contribution in [0, 0.1) is 0 Å². The van der Waals surface area contributed by atoms with Crippen molar-refractivity contribution in [3.05, 3.63) is 69.7 Å². The first-order valence-corrected chi connectivity index (χ1v) is 12.7. The summed E-state index contributed by atoms with van der Waals surface area (Å²) in [6.45, 7) is 8.24. The Morgan fingerprint density at radius 3 is 2.22 bits per heavy atom. The first-order valence-electron chi connectivity index (χ1n) is 10.8. The molecule has 2 aromatic carbocycles. The molecule has 2 aromatic rings. The molecule has 0 fully saturated rings. The normalized spacial score (nSPS) is 12.3. The van der Waals surface area contributed by atoms with Gasteiger partial charge in [-0.1, -0.05) is 66.5 Å². The Kier molecular flexibility index (Phi) is 10.4. The molecule has 0 heterocycles. The van der Waals surface area contributed by atoms with E-state index in [0.29, 0.717) is 35.2 Å². The van der Waals surface area contributed by atoms with Gasteiger partial charge in [-0.05, 0) is 56.9 Å². The zero-order valence-electron chi connectivity index (χ0n) is 19.2. The van der Waals surface area contributed by atoms with Crippen molar-refractivity contribution in [1.82, 2.24) is 10.2 Å². The summed E-state index contributed by atoms with van der Waals surface area (Å²) in [5, 5.41) is 4.21. The molecule has 0 aliphatic rings. The molecule has 0 radical (unpaired) electrons. The number of nitrogens with zero attached hydrogens (tertiary/aromatic N) is 1. The standard InChI is InChI=1S/C25H32Cl2N2O2S/c1-5-22(24(31)28-25(2,3)4)29(15-14-18-10-7-6-8-11-18)23(30)17-32-16-19-20(26)12-9-13-21(19)27/h6-13,22H,5,14-17H2,1-4H3,(H,28,31)/t22-/m0/s1. The van der Waals surface area contributed by atoms with Crippen LogP contribution in [0.15, 0.2) is 48.5 Å². The van der Waals surface area contributed by atoms with Crippen molar-refractivity contribution >= 4 is 46.8 Å². The molecule has 174 valence electrons. The highest BCUT2D eigenvalue weighted by molar-refractivity contribution is 7.99. The van der Waals surface area contributed by atoms with E-state index in [1.54, 1.807) is 23.1 Å². The summed E-state index contributed by atoms with van der Waals surface area (Å²) < 4.78 is 0. The maximum Gasteiger partial charge on any atom is 0.243 e. The second-order valence-corrected chi connectivity index (χ2v) is 10.5. The number of nitrogens with one attached hydrogen (secondary N) is 1. The maximum atomic E-state index is 13.3. The largest absolute Gasteiger partial charge is 0.350 e. The molecule has 2 amide bonds. The molecule has 32 heavy (non-hydrogen) atoms. The fourth-order valence-electron chi connectivity index (χ4n) is 3.34. The third kappa shape index (κ3) is 8.34. The SMILES string of the molecule is CC[C@@H](C(=O)NC(C)(C)C)N(CCc1ccccc1)C(=O)CSCc1c(Cl)cccc1Cl. The van der Waals surface area contributed by atoms with Gasteiger partial charge in [0, 0.05) is 27.9 Å². The molecule has 0 saturated heterocycles. The van der Waals surface area contributed by atoms with Crippen LogP contribution >= 0.6 is 35.0 Å². The zero-order valence-corrected chi connectivity index (χ0v) is 21.5. The number of carbonyl (C=O) groups is 2. The number of hydrogen-bond acceptors (Lipinski definition) is 3. The summed E-state index contributed by atoms with van der Waals surface area (Å²) in [5.41, 5.74) is 1.59. The first-order chi connectivity index (χ1) is 15.1. The Hall–Kier alpha value is -1.69. The van der Waals surface area contributed by atoms with Gasteiger partial charge in [0.15, 0.2) is 0 Å². The predicted octanol–water partition coefficient (Wildman–Crippen LogP) is 5.99. The van der Waals surface area contributed by atoms with E-state index >= 15 is 0 Å². The zero-order chi connectivity index (χ0) is 23.7. The van der Waals surface area contributed by atoms with E-state index in [-0.39, 0.29) is 23.1 Å².